The van der Waals surface area contributed by atoms with Crippen LogP contribution in [-0.2, 0) is 11.3 Å². The summed E-state index contributed by atoms with van der Waals surface area (Å²) in [5.74, 6) is -3.60. The molecule has 3 aromatic rings. The van der Waals surface area contributed by atoms with Crippen molar-refractivity contribution in [3.8, 4) is 22.6 Å². The van der Waals surface area contributed by atoms with Crippen molar-refractivity contribution in [3.05, 3.63) is 30.2 Å². The molecule has 35 heavy (non-hydrogen) atoms. The molecule has 0 saturated heterocycles. The van der Waals surface area contributed by atoms with E-state index >= 15 is 4.39 Å². The number of carbonyl (C=O) groups excluding carboxylic acids is 1. The number of amides is 1. The van der Waals surface area contributed by atoms with Gasteiger partial charge in [-0.1, -0.05) is 6.92 Å². The van der Waals surface area contributed by atoms with Crippen LogP contribution in [0.15, 0.2) is 24.4 Å². The van der Waals surface area contributed by atoms with Gasteiger partial charge in [-0.05, 0) is 38.5 Å². The van der Waals surface area contributed by atoms with E-state index in [1.807, 2.05) is 0 Å². The fourth-order valence-electron chi connectivity index (χ4n) is 4.50. The minimum absolute atomic E-state index is 0.0100. The Morgan fingerprint density at radius 3 is 2.71 bits per heavy atom. The molecule has 1 amide bonds. The van der Waals surface area contributed by atoms with Crippen LogP contribution in [0.2, 0.25) is 0 Å². The molecule has 0 radical (unpaired) electrons. The fourth-order valence-corrected chi connectivity index (χ4v) is 4.50. The summed E-state index contributed by atoms with van der Waals surface area (Å²) in [5.41, 5.74) is -1.16. The number of nitrogens with one attached hydrogen (secondary N) is 1. The van der Waals surface area contributed by atoms with E-state index in [0.717, 1.165) is 0 Å². The van der Waals surface area contributed by atoms with Gasteiger partial charge in [-0.25, -0.2) is 22.8 Å². The van der Waals surface area contributed by atoms with Gasteiger partial charge in [0.2, 0.25) is 24.4 Å². The maximum atomic E-state index is 15.1. The molecule has 11 heteroatoms. The number of nitrogens with zero attached hydrogens (tertiary/aromatic N) is 3. The summed E-state index contributed by atoms with van der Waals surface area (Å²) in [6.07, 6.45) is 0.732. The molecule has 1 aliphatic heterocycles. The number of carbonyl (C=O) groups is 1. The second-order valence-electron chi connectivity index (χ2n) is 10.1. The van der Waals surface area contributed by atoms with Crippen molar-refractivity contribution in [1.82, 2.24) is 14.8 Å². The highest BCUT2D eigenvalue weighted by Gasteiger charge is 2.57. The van der Waals surface area contributed by atoms with Gasteiger partial charge in [-0.15, -0.1) is 0 Å². The van der Waals surface area contributed by atoms with Crippen LogP contribution in [0.4, 0.5) is 19.0 Å². The Kier molecular flexibility index (Phi) is 5.24. The molecule has 8 nitrogen and oxygen atoms in total. The lowest BCUT2D eigenvalue weighted by molar-refractivity contribution is -0.170. The van der Waals surface area contributed by atoms with Crippen LogP contribution in [0.1, 0.15) is 40.0 Å². The number of aromatic nitrogens is 3. The van der Waals surface area contributed by atoms with E-state index in [2.05, 4.69) is 15.4 Å². The van der Waals surface area contributed by atoms with E-state index in [4.69, 9.17) is 9.47 Å². The van der Waals surface area contributed by atoms with E-state index in [0.29, 0.717) is 28.8 Å². The zero-order chi connectivity index (χ0) is 25.2. The molecular formula is C24H25F3N4O4. The van der Waals surface area contributed by atoms with Crippen molar-refractivity contribution in [2.24, 2.45) is 5.41 Å². The first-order valence-corrected chi connectivity index (χ1v) is 11.2. The number of ether oxygens (including phenoxy) is 2. The third-order valence-corrected chi connectivity index (χ3v) is 6.39. The minimum atomic E-state index is -2.87. The molecule has 1 fully saturated rings. The van der Waals surface area contributed by atoms with Gasteiger partial charge in [-0.2, -0.15) is 5.10 Å². The first kappa shape index (κ1) is 23.4. The predicted octanol–water partition coefficient (Wildman–Crippen LogP) is 4.50. The quantitative estimate of drug-likeness (QED) is 0.528. The van der Waals surface area contributed by atoms with Crippen molar-refractivity contribution in [1.29, 1.82) is 0 Å². The van der Waals surface area contributed by atoms with Crippen LogP contribution in [0, 0.1) is 11.2 Å². The minimum Gasteiger partial charge on any atom is -0.453 e. The molecule has 0 atom stereocenters. The van der Waals surface area contributed by atoms with Gasteiger partial charge in [0.15, 0.2) is 23.0 Å². The Bertz CT molecular complexity index is 1320. The van der Waals surface area contributed by atoms with Gasteiger partial charge in [-0.3, -0.25) is 4.79 Å². The van der Waals surface area contributed by atoms with E-state index in [1.54, 1.807) is 32.0 Å². The van der Waals surface area contributed by atoms with Crippen molar-refractivity contribution >= 4 is 22.8 Å². The predicted molar refractivity (Wildman–Crippen MR) is 121 cm³/mol. The zero-order valence-electron chi connectivity index (χ0n) is 19.5. The summed E-state index contributed by atoms with van der Waals surface area (Å²) in [5, 5.41) is 17.7. The number of fused-ring (bicyclic) bond motifs is 2. The number of pyridine rings is 1. The molecule has 1 saturated carbocycles. The Hall–Kier alpha value is -3.34. The topological polar surface area (TPSA) is 98.5 Å². The first-order valence-electron chi connectivity index (χ1n) is 11.2. The summed E-state index contributed by atoms with van der Waals surface area (Å²) in [7, 11) is 0. The number of anilines is 1. The molecular weight excluding hydrogens is 465 g/mol. The summed E-state index contributed by atoms with van der Waals surface area (Å²) >= 11 is 0. The lowest BCUT2D eigenvalue weighted by atomic mass is 9.67. The van der Waals surface area contributed by atoms with Crippen LogP contribution in [0.3, 0.4) is 0 Å². The third kappa shape index (κ3) is 4.29. The van der Waals surface area contributed by atoms with E-state index in [-0.39, 0.29) is 30.5 Å². The molecule has 5 rings (SSSR count). The monoisotopic (exact) mass is 490 g/mol. The van der Waals surface area contributed by atoms with E-state index < -0.39 is 41.5 Å². The van der Waals surface area contributed by atoms with Crippen LogP contribution >= 0.6 is 0 Å². The highest BCUT2D eigenvalue weighted by molar-refractivity contribution is 6.02. The fraction of sp³-hybridized carbons (Fsp3) is 0.458. The molecule has 2 aromatic heterocycles. The summed E-state index contributed by atoms with van der Waals surface area (Å²) < 4.78 is 54.0. The number of benzene rings is 1. The zero-order valence-corrected chi connectivity index (χ0v) is 19.5. The molecule has 2 aliphatic rings. The van der Waals surface area contributed by atoms with Crippen LogP contribution in [-0.4, -0.2) is 44.1 Å². The Morgan fingerprint density at radius 2 is 2.03 bits per heavy atom. The highest BCUT2D eigenvalue weighted by atomic mass is 19.3. The van der Waals surface area contributed by atoms with Crippen molar-refractivity contribution in [2.75, 3.05) is 12.1 Å². The van der Waals surface area contributed by atoms with Crippen LogP contribution in [0.5, 0.6) is 11.5 Å². The number of halogens is 3. The maximum Gasteiger partial charge on any atom is 0.250 e. The van der Waals surface area contributed by atoms with E-state index in [9.17, 15) is 18.7 Å². The Labute approximate surface area is 199 Å². The smallest absolute Gasteiger partial charge is 0.250 e. The lowest BCUT2D eigenvalue weighted by Crippen LogP contribution is -2.51. The number of rotatable bonds is 6. The number of aryl methyl sites for hydroxylation is 1. The molecule has 186 valence electrons. The molecule has 0 bridgehead atoms. The highest BCUT2D eigenvalue weighted by Crippen LogP contribution is 2.52. The SMILES string of the molecule is CC(C)(O)CCn1nc(NC(=O)C2(C)CC(F)(F)C2)c2cc(-c3ccc4c(c3F)OCO4)cnc21. The Balaban J connectivity index is 1.54. The molecule has 2 N–H and O–H groups in total. The summed E-state index contributed by atoms with van der Waals surface area (Å²) in [6.45, 7) is 5.02. The van der Waals surface area contributed by atoms with Crippen LogP contribution in [0.25, 0.3) is 22.2 Å². The first-order chi connectivity index (χ1) is 16.4. The number of hydrogen-bond acceptors (Lipinski definition) is 6. The molecule has 0 spiro atoms. The second-order valence-corrected chi connectivity index (χ2v) is 10.1. The second kappa shape index (κ2) is 7.84. The van der Waals surface area contributed by atoms with Crippen LogP contribution < -0.4 is 14.8 Å². The van der Waals surface area contributed by atoms with Gasteiger partial charge in [0, 0.05) is 36.7 Å². The van der Waals surface area contributed by atoms with Crippen molar-refractivity contribution in [3.63, 3.8) is 0 Å². The van der Waals surface area contributed by atoms with Gasteiger partial charge < -0.3 is 19.9 Å². The maximum absolute atomic E-state index is 15.1. The summed E-state index contributed by atoms with van der Waals surface area (Å²) in [6, 6.07) is 4.77. The van der Waals surface area contributed by atoms with Crippen molar-refractivity contribution in [2.45, 2.75) is 58.1 Å². The van der Waals surface area contributed by atoms with Gasteiger partial charge in [0.05, 0.1) is 16.4 Å². The van der Waals surface area contributed by atoms with Gasteiger partial charge >= 0.3 is 0 Å². The van der Waals surface area contributed by atoms with Gasteiger partial charge in [0.25, 0.3) is 0 Å². The number of alkyl halides is 2. The average Bonchev–Trinajstić information content (AvgIpc) is 3.36. The van der Waals surface area contributed by atoms with Gasteiger partial charge in [0.1, 0.15) is 0 Å². The standard InChI is InChI=1S/C24H25F3N4O4/c1-22(2,33)6-7-31-20-15(19(30-31)29-21(32)23(3)10-24(26,27)11-23)8-13(9-28-20)14-4-5-16-18(17(14)25)35-12-34-16/h4-5,8-9,33H,6-7,10-12H2,1-3H3,(H,29,30,32). The largest absolute Gasteiger partial charge is 0.453 e. The lowest BCUT2D eigenvalue weighted by Gasteiger charge is -2.43. The Morgan fingerprint density at radius 1 is 1.29 bits per heavy atom. The van der Waals surface area contributed by atoms with E-state index in [1.165, 1.54) is 17.8 Å². The average molecular weight is 490 g/mol. The number of aliphatic hydroxyl groups is 1. The number of hydrogen-bond donors (Lipinski definition) is 2. The summed E-state index contributed by atoms with van der Waals surface area (Å²) in [4.78, 5) is 17.3. The molecule has 0 unspecified atom stereocenters. The van der Waals surface area contributed by atoms with Crippen molar-refractivity contribution < 1.29 is 32.5 Å². The normalized spacial score (nSPS) is 17.9. The molecule has 1 aliphatic carbocycles. The molecule has 1 aromatic carbocycles. The molecule has 3 heterocycles. The third-order valence-electron chi connectivity index (χ3n) is 6.39.